The maximum absolute atomic E-state index is 13.6. The summed E-state index contributed by atoms with van der Waals surface area (Å²) < 4.78 is 52.8. The Hall–Kier alpha value is -3.69. The number of benzene rings is 2. The summed E-state index contributed by atoms with van der Waals surface area (Å²) in [5, 5.41) is 27.4. The first-order valence-corrected chi connectivity index (χ1v) is 9.70. The van der Waals surface area contributed by atoms with Crippen LogP contribution in [0.4, 0.5) is 17.6 Å². The molecule has 0 spiro atoms. The Bertz CT molecular complexity index is 1150. The molecule has 2 unspecified atom stereocenters. The number of carbonyl (C=O) groups is 2. The topological polar surface area (TPSA) is 104 Å². The van der Waals surface area contributed by atoms with Gasteiger partial charge in [0.15, 0.2) is 0 Å². The number of rotatable bonds is 4. The molecule has 0 aromatic heterocycles. The van der Waals surface area contributed by atoms with E-state index in [1.54, 1.807) is 12.2 Å². The van der Waals surface area contributed by atoms with Gasteiger partial charge in [0, 0.05) is 43.4 Å². The molecule has 2 aliphatic rings. The third kappa shape index (κ3) is 5.52. The zero-order chi connectivity index (χ0) is 24.9. The van der Waals surface area contributed by atoms with Gasteiger partial charge in [-0.1, -0.05) is 24.3 Å². The molecule has 2 heterocycles. The van der Waals surface area contributed by atoms with Crippen LogP contribution in [0.2, 0.25) is 0 Å². The maximum Gasteiger partial charge on any atom is 0.132 e. The first kappa shape index (κ1) is 27.6. The molecule has 0 bridgehead atoms. The third-order valence-electron chi connectivity index (χ3n) is 5.09. The van der Waals surface area contributed by atoms with Crippen molar-refractivity contribution in [3.63, 3.8) is 0 Å². The summed E-state index contributed by atoms with van der Waals surface area (Å²) in [4.78, 5) is 22.4. The second kappa shape index (κ2) is 11.2. The fourth-order valence-corrected chi connectivity index (χ4v) is 3.39. The SMILES string of the molecule is O=C([O-])C1(c2ccc(F)cc2F)C=CC=CN1.O=C([O-])C1(c2ccc(F)cc2F)C=CC=CN1.[Ir]. The van der Waals surface area contributed by atoms with E-state index in [-0.39, 0.29) is 31.2 Å². The minimum Gasteiger partial charge on any atom is -0.547 e. The molecule has 185 valence electrons. The fourth-order valence-electron chi connectivity index (χ4n) is 3.39. The van der Waals surface area contributed by atoms with Crippen molar-refractivity contribution in [3.8, 4) is 0 Å². The van der Waals surface area contributed by atoms with Gasteiger partial charge in [-0.3, -0.25) is 0 Å². The van der Waals surface area contributed by atoms with E-state index in [2.05, 4.69) is 10.6 Å². The maximum atomic E-state index is 13.6. The number of halogens is 4. The number of allylic oxidation sites excluding steroid dienone is 4. The van der Waals surface area contributed by atoms with Crippen molar-refractivity contribution in [1.82, 2.24) is 10.6 Å². The molecule has 2 aromatic carbocycles. The number of aliphatic carboxylic acids is 2. The van der Waals surface area contributed by atoms with Gasteiger partial charge < -0.3 is 30.4 Å². The predicted molar refractivity (Wildman–Crippen MR) is 109 cm³/mol. The van der Waals surface area contributed by atoms with Gasteiger partial charge in [0.2, 0.25) is 0 Å². The molecular weight excluding hydrogens is 648 g/mol. The second-order valence-electron chi connectivity index (χ2n) is 7.16. The van der Waals surface area contributed by atoms with Crippen molar-refractivity contribution >= 4 is 11.9 Å². The first-order valence-electron chi connectivity index (χ1n) is 9.70. The Morgan fingerprint density at radius 2 is 1.03 bits per heavy atom. The molecule has 6 nitrogen and oxygen atoms in total. The van der Waals surface area contributed by atoms with E-state index >= 15 is 0 Å². The molecular formula is C24H16F4IrN2O4-2. The molecule has 2 N–H and O–H groups in total. The van der Waals surface area contributed by atoms with Crippen LogP contribution in [-0.2, 0) is 40.8 Å². The van der Waals surface area contributed by atoms with Crippen LogP contribution in [0.5, 0.6) is 0 Å². The summed E-state index contributed by atoms with van der Waals surface area (Å²) in [7, 11) is 0. The van der Waals surface area contributed by atoms with Crippen LogP contribution in [0, 0.1) is 23.3 Å². The Morgan fingerprint density at radius 3 is 1.29 bits per heavy atom. The van der Waals surface area contributed by atoms with Gasteiger partial charge in [-0.05, 0) is 48.8 Å². The minimum atomic E-state index is -1.80. The van der Waals surface area contributed by atoms with Gasteiger partial charge in [-0.2, -0.15) is 0 Å². The molecule has 2 aliphatic heterocycles. The summed E-state index contributed by atoms with van der Waals surface area (Å²) in [5.41, 5.74) is -3.99. The van der Waals surface area contributed by atoms with Crippen molar-refractivity contribution in [2.75, 3.05) is 0 Å². The molecule has 0 saturated carbocycles. The van der Waals surface area contributed by atoms with Crippen molar-refractivity contribution in [1.29, 1.82) is 0 Å². The average molecular weight is 665 g/mol. The van der Waals surface area contributed by atoms with Crippen LogP contribution < -0.4 is 20.8 Å². The molecule has 1 radical (unpaired) electrons. The Labute approximate surface area is 210 Å². The van der Waals surface area contributed by atoms with Gasteiger partial charge in [0.05, 0.1) is 11.9 Å². The average Bonchev–Trinajstić information content (AvgIpc) is 2.80. The molecule has 0 aliphatic carbocycles. The molecule has 2 atom stereocenters. The van der Waals surface area contributed by atoms with Gasteiger partial charge >= 0.3 is 0 Å². The van der Waals surface area contributed by atoms with Crippen LogP contribution in [0.25, 0.3) is 0 Å². The van der Waals surface area contributed by atoms with Gasteiger partial charge in [0.1, 0.15) is 34.3 Å². The van der Waals surface area contributed by atoms with E-state index in [1.165, 1.54) is 36.7 Å². The number of hydrogen-bond acceptors (Lipinski definition) is 6. The fraction of sp³-hybridized carbons (Fsp3) is 0.0833. The summed E-state index contributed by atoms with van der Waals surface area (Å²) in [6.45, 7) is 0. The summed E-state index contributed by atoms with van der Waals surface area (Å²) in [6, 6.07) is 5.42. The molecule has 0 fully saturated rings. The standard InChI is InChI=1S/2C12H9F2NO2.Ir/c2*13-8-3-4-9(10(14)7-8)12(11(16)17)5-1-2-6-15-12;/h2*1-7,15H,(H,16,17);/p-2. The smallest absolute Gasteiger partial charge is 0.132 e. The van der Waals surface area contributed by atoms with E-state index in [4.69, 9.17) is 0 Å². The largest absolute Gasteiger partial charge is 0.547 e. The molecule has 0 saturated heterocycles. The monoisotopic (exact) mass is 665 g/mol. The second-order valence-corrected chi connectivity index (χ2v) is 7.16. The van der Waals surface area contributed by atoms with Gasteiger partial charge in [-0.25, -0.2) is 17.6 Å². The van der Waals surface area contributed by atoms with Crippen LogP contribution >= 0.6 is 0 Å². The number of carboxylic acid groups (broad SMARTS) is 2. The van der Waals surface area contributed by atoms with Crippen molar-refractivity contribution in [2.24, 2.45) is 0 Å². The van der Waals surface area contributed by atoms with E-state index < -0.39 is 46.3 Å². The van der Waals surface area contributed by atoms with Crippen LogP contribution in [0.1, 0.15) is 11.1 Å². The Morgan fingerprint density at radius 1 is 0.657 bits per heavy atom. The number of dihydropyridines is 2. The van der Waals surface area contributed by atoms with E-state index in [0.29, 0.717) is 12.1 Å². The third-order valence-corrected chi connectivity index (χ3v) is 5.09. The number of hydrogen-bond donors (Lipinski definition) is 2. The molecule has 2 aromatic rings. The van der Waals surface area contributed by atoms with Crippen LogP contribution in [0.15, 0.2) is 85.3 Å². The molecule has 4 rings (SSSR count). The molecule has 11 heteroatoms. The van der Waals surface area contributed by atoms with Crippen LogP contribution in [0.3, 0.4) is 0 Å². The number of carboxylic acids is 2. The van der Waals surface area contributed by atoms with Crippen LogP contribution in [-0.4, -0.2) is 11.9 Å². The Balaban J connectivity index is 0.000000240. The van der Waals surface area contributed by atoms with Gasteiger partial charge in [0.25, 0.3) is 0 Å². The summed E-state index contributed by atoms with van der Waals surface area (Å²) in [5.74, 6) is -6.44. The number of carbonyl (C=O) groups excluding carboxylic acids is 2. The molecule has 0 amide bonds. The van der Waals surface area contributed by atoms with E-state index in [0.717, 1.165) is 24.3 Å². The predicted octanol–water partition coefficient (Wildman–Crippen LogP) is 1.16. The summed E-state index contributed by atoms with van der Waals surface area (Å²) in [6.07, 6.45) is 11.2. The summed E-state index contributed by atoms with van der Waals surface area (Å²) >= 11 is 0. The zero-order valence-corrected chi connectivity index (χ0v) is 20.0. The van der Waals surface area contributed by atoms with Crippen molar-refractivity contribution < 1.29 is 57.5 Å². The first-order chi connectivity index (χ1) is 16.1. The zero-order valence-electron chi connectivity index (χ0n) is 17.6. The van der Waals surface area contributed by atoms with Gasteiger partial charge in [-0.15, -0.1) is 0 Å². The number of nitrogens with one attached hydrogen (secondary N) is 2. The van der Waals surface area contributed by atoms with Crippen molar-refractivity contribution in [2.45, 2.75) is 11.1 Å². The minimum absolute atomic E-state index is 0. The van der Waals surface area contributed by atoms with E-state index in [9.17, 15) is 37.4 Å². The van der Waals surface area contributed by atoms with E-state index in [1.807, 2.05) is 0 Å². The normalized spacial score (nSPS) is 21.6. The molecule has 35 heavy (non-hydrogen) atoms. The van der Waals surface area contributed by atoms with Crippen molar-refractivity contribution in [3.05, 3.63) is 120 Å². The quantitative estimate of drug-likeness (QED) is 0.476. The Kier molecular flexibility index (Phi) is 8.78.